The van der Waals surface area contributed by atoms with E-state index < -0.39 is 5.97 Å². The molecule has 3 heterocycles. The van der Waals surface area contributed by atoms with Crippen LogP contribution in [-0.2, 0) is 6.54 Å². The molecule has 5 rings (SSSR count). The number of anilines is 1. The number of carboxylic acids is 1. The molecule has 0 radical (unpaired) electrons. The number of fused-ring (bicyclic) bond motifs is 2. The summed E-state index contributed by atoms with van der Waals surface area (Å²) in [6.07, 6.45) is 1.86. The van der Waals surface area contributed by atoms with Crippen LogP contribution in [0.4, 0.5) is 5.69 Å². The highest BCUT2D eigenvalue weighted by molar-refractivity contribution is 5.95. The average Bonchev–Trinajstić information content (AvgIpc) is 3.28. The van der Waals surface area contributed by atoms with Crippen LogP contribution >= 0.6 is 0 Å². The molecule has 1 aliphatic heterocycles. The first-order valence-corrected chi connectivity index (χ1v) is 11.8. The van der Waals surface area contributed by atoms with Gasteiger partial charge in [-0.25, -0.2) is 4.79 Å². The number of carboxylic acid groups (broad SMARTS) is 1. The van der Waals surface area contributed by atoms with E-state index in [1.807, 2.05) is 36.7 Å². The van der Waals surface area contributed by atoms with E-state index in [1.165, 1.54) is 0 Å². The molecule has 8 nitrogen and oxygen atoms in total. The number of aromatic carboxylic acids is 1. The monoisotopic (exact) mass is 485 g/mol. The smallest absolute Gasteiger partial charge is 0.337 e. The number of carbonyl (C=O) groups excluding carboxylic acids is 1. The molecule has 36 heavy (non-hydrogen) atoms. The molecule has 0 saturated carbocycles. The van der Waals surface area contributed by atoms with E-state index in [2.05, 4.69) is 5.32 Å². The second-order valence-corrected chi connectivity index (χ2v) is 9.37. The Morgan fingerprint density at radius 3 is 2.61 bits per heavy atom. The Morgan fingerprint density at radius 2 is 1.86 bits per heavy atom. The molecule has 2 aromatic heterocycles. The number of hydrogen-bond acceptors (Lipinski definition) is 5. The first-order chi connectivity index (χ1) is 17.2. The van der Waals surface area contributed by atoms with E-state index >= 15 is 0 Å². The quantitative estimate of drug-likeness (QED) is 0.419. The summed E-state index contributed by atoms with van der Waals surface area (Å²) in [6, 6.07) is 11.9. The van der Waals surface area contributed by atoms with Gasteiger partial charge >= 0.3 is 5.97 Å². The zero-order valence-corrected chi connectivity index (χ0v) is 20.6. The van der Waals surface area contributed by atoms with Gasteiger partial charge in [0.2, 0.25) is 0 Å². The summed E-state index contributed by atoms with van der Waals surface area (Å²) >= 11 is 0. The molecule has 1 atom stereocenters. The minimum atomic E-state index is -1.03. The van der Waals surface area contributed by atoms with Crippen molar-refractivity contribution in [2.45, 2.75) is 33.4 Å². The third-order valence-electron chi connectivity index (χ3n) is 6.79. The molecule has 1 unspecified atom stereocenters. The Balaban J connectivity index is 1.65. The van der Waals surface area contributed by atoms with Crippen LogP contribution in [0.25, 0.3) is 22.3 Å². The van der Waals surface area contributed by atoms with Crippen molar-refractivity contribution < 1.29 is 19.1 Å². The SMILES string of the molecule is Cc1cc(C(C)Nc2ccccc2C(=O)O)c2oc(-c3cc4n(c3)CCN(C)C4=O)c(C)c(=O)c2c1. The number of nitrogens with zero attached hydrogens (tertiary/aromatic N) is 2. The Hall–Kier alpha value is -4.33. The fourth-order valence-corrected chi connectivity index (χ4v) is 4.82. The highest BCUT2D eigenvalue weighted by atomic mass is 16.4. The van der Waals surface area contributed by atoms with Gasteiger partial charge in [-0.05, 0) is 50.6 Å². The van der Waals surface area contributed by atoms with Crippen molar-refractivity contribution in [3.8, 4) is 11.3 Å². The fraction of sp³-hybridized carbons (Fsp3) is 0.250. The van der Waals surface area contributed by atoms with Crippen molar-refractivity contribution >= 4 is 28.5 Å². The largest absolute Gasteiger partial charge is 0.478 e. The molecule has 0 aliphatic carbocycles. The molecule has 184 valence electrons. The lowest BCUT2D eigenvalue weighted by molar-refractivity contribution is 0.0696. The van der Waals surface area contributed by atoms with E-state index in [0.29, 0.717) is 52.3 Å². The molecule has 0 spiro atoms. The third-order valence-corrected chi connectivity index (χ3v) is 6.79. The van der Waals surface area contributed by atoms with Crippen LogP contribution in [0, 0.1) is 13.8 Å². The van der Waals surface area contributed by atoms with Crippen LogP contribution in [0.3, 0.4) is 0 Å². The summed E-state index contributed by atoms with van der Waals surface area (Å²) in [5, 5.41) is 13.3. The number of benzene rings is 2. The number of carbonyl (C=O) groups is 2. The van der Waals surface area contributed by atoms with Gasteiger partial charge in [0.1, 0.15) is 17.0 Å². The Kier molecular flexibility index (Phi) is 5.67. The van der Waals surface area contributed by atoms with Gasteiger partial charge in [0.25, 0.3) is 5.91 Å². The highest BCUT2D eigenvalue weighted by Crippen LogP contribution is 2.34. The van der Waals surface area contributed by atoms with Gasteiger partial charge < -0.3 is 24.3 Å². The number of amides is 1. The zero-order valence-electron chi connectivity index (χ0n) is 20.6. The van der Waals surface area contributed by atoms with Gasteiger partial charge in [-0.15, -0.1) is 0 Å². The van der Waals surface area contributed by atoms with Gasteiger partial charge in [-0.2, -0.15) is 0 Å². The van der Waals surface area contributed by atoms with E-state index in [1.54, 1.807) is 49.2 Å². The van der Waals surface area contributed by atoms with Gasteiger partial charge in [0.05, 0.1) is 17.0 Å². The maximum Gasteiger partial charge on any atom is 0.337 e. The Morgan fingerprint density at radius 1 is 1.11 bits per heavy atom. The van der Waals surface area contributed by atoms with Crippen LogP contribution in [0.2, 0.25) is 0 Å². The van der Waals surface area contributed by atoms with E-state index in [0.717, 1.165) is 11.1 Å². The van der Waals surface area contributed by atoms with Crippen molar-refractivity contribution in [3.63, 3.8) is 0 Å². The number of aryl methyl sites for hydroxylation is 1. The van der Waals surface area contributed by atoms with Crippen molar-refractivity contribution in [2.24, 2.45) is 0 Å². The summed E-state index contributed by atoms with van der Waals surface area (Å²) in [5.41, 5.74) is 4.28. The molecule has 1 aliphatic rings. The molecular formula is C28H27N3O5. The lowest BCUT2D eigenvalue weighted by Crippen LogP contribution is -2.36. The molecule has 4 aromatic rings. The predicted molar refractivity (Wildman–Crippen MR) is 138 cm³/mol. The molecule has 0 bridgehead atoms. The van der Waals surface area contributed by atoms with Crippen LogP contribution in [0.1, 0.15) is 50.5 Å². The number of rotatable bonds is 5. The van der Waals surface area contributed by atoms with Crippen molar-refractivity contribution in [1.82, 2.24) is 9.47 Å². The molecule has 1 amide bonds. The number of hydrogen-bond donors (Lipinski definition) is 2. The summed E-state index contributed by atoms with van der Waals surface area (Å²) in [4.78, 5) is 39.4. The maximum atomic E-state index is 13.5. The average molecular weight is 486 g/mol. The van der Waals surface area contributed by atoms with E-state index in [4.69, 9.17) is 4.42 Å². The van der Waals surface area contributed by atoms with Gasteiger partial charge in [0, 0.05) is 48.7 Å². The number of para-hydroxylation sites is 1. The zero-order chi connectivity index (χ0) is 25.7. The minimum absolute atomic E-state index is 0.0699. The second-order valence-electron chi connectivity index (χ2n) is 9.37. The standard InChI is InChI=1S/C28H27N3O5/c1-15-11-20(17(3)29-22-8-6-5-7-19(22)28(34)35)26-21(12-15)24(32)16(2)25(36-26)18-13-23-27(33)30(4)9-10-31(23)14-18/h5-8,11-14,17,29H,9-10H2,1-4H3,(H,34,35). The molecule has 0 fully saturated rings. The van der Waals surface area contributed by atoms with Crippen LogP contribution in [-0.4, -0.2) is 40.0 Å². The molecule has 8 heteroatoms. The summed E-state index contributed by atoms with van der Waals surface area (Å²) in [5.74, 6) is -0.672. The number of aromatic nitrogens is 1. The first-order valence-electron chi connectivity index (χ1n) is 11.8. The Bertz CT molecular complexity index is 1600. The summed E-state index contributed by atoms with van der Waals surface area (Å²) in [7, 11) is 1.77. The van der Waals surface area contributed by atoms with Crippen LogP contribution in [0.15, 0.2) is 57.9 Å². The molecule has 2 N–H and O–H groups in total. The van der Waals surface area contributed by atoms with Crippen LogP contribution < -0.4 is 10.7 Å². The fourth-order valence-electron chi connectivity index (χ4n) is 4.82. The molecule has 0 saturated heterocycles. The van der Waals surface area contributed by atoms with Crippen molar-refractivity contribution in [3.05, 3.63) is 86.8 Å². The summed E-state index contributed by atoms with van der Waals surface area (Å²) < 4.78 is 8.32. The minimum Gasteiger partial charge on any atom is -0.478 e. The van der Waals surface area contributed by atoms with E-state index in [9.17, 15) is 19.5 Å². The lowest BCUT2D eigenvalue weighted by Gasteiger charge is -2.24. The van der Waals surface area contributed by atoms with Gasteiger partial charge in [-0.3, -0.25) is 9.59 Å². The first kappa shape index (κ1) is 23.4. The second kappa shape index (κ2) is 8.71. The van der Waals surface area contributed by atoms with Gasteiger partial charge in [-0.1, -0.05) is 18.2 Å². The van der Waals surface area contributed by atoms with Crippen molar-refractivity contribution in [1.29, 1.82) is 0 Å². The molecule has 2 aromatic carbocycles. The highest BCUT2D eigenvalue weighted by Gasteiger charge is 2.25. The van der Waals surface area contributed by atoms with E-state index in [-0.39, 0.29) is 22.9 Å². The summed E-state index contributed by atoms with van der Waals surface area (Å²) in [6.45, 7) is 6.83. The van der Waals surface area contributed by atoms with Crippen molar-refractivity contribution in [2.75, 3.05) is 18.9 Å². The Labute approximate surface area is 207 Å². The normalized spacial score (nSPS) is 14.1. The molecular weight excluding hydrogens is 458 g/mol. The maximum absolute atomic E-state index is 13.5. The third kappa shape index (κ3) is 3.84. The number of nitrogens with one attached hydrogen (secondary N) is 1. The lowest BCUT2D eigenvalue weighted by atomic mass is 9.99. The topological polar surface area (TPSA) is 105 Å². The predicted octanol–water partition coefficient (Wildman–Crippen LogP) is 4.84. The van der Waals surface area contributed by atoms with Crippen LogP contribution in [0.5, 0.6) is 0 Å². The van der Waals surface area contributed by atoms with Gasteiger partial charge in [0.15, 0.2) is 5.43 Å². The number of likely N-dealkylation sites (N-methyl/N-ethyl adjacent to an activating group) is 1.